The molecule has 0 aromatic carbocycles. The van der Waals surface area contributed by atoms with Gasteiger partial charge in [0.2, 0.25) is 5.95 Å². The fraction of sp³-hybridized carbons (Fsp3) is 0.312. The first kappa shape index (κ1) is 16.9. The Labute approximate surface area is 127 Å². The highest BCUT2D eigenvalue weighted by Crippen LogP contribution is 2.19. The van der Waals surface area contributed by atoms with Crippen molar-refractivity contribution < 1.29 is 0 Å². The summed E-state index contributed by atoms with van der Waals surface area (Å²) in [4.78, 5) is 12.8. The Morgan fingerprint density at radius 2 is 2.00 bits per heavy atom. The van der Waals surface area contributed by atoms with Crippen molar-refractivity contribution in [2.75, 3.05) is 5.73 Å². The first-order valence-corrected chi connectivity index (χ1v) is 10.2. The minimum absolute atomic E-state index is 0.208. The average molecular weight is 298 g/mol. The van der Waals surface area contributed by atoms with E-state index >= 15 is 0 Å². The molecule has 0 aliphatic carbocycles. The van der Waals surface area contributed by atoms with E-state index in [1.807, 2.05) is 19.9 Å². The highest BCUT2D eigenvalue weighted by atomic mass is 28.3. The van der Waals surface area contributed by atoms with Crippen LogP contribution in [0.1, 0.15) is 25.2 Å². The number of nitrogen functional groups attached to an aromatic ring is 1. The van der Waals surface area contributed by atoms with E-state index in [9.17, 15) is 0 Å². The molecule has 0 spiro atoms. The van der Waals surface area contributed by atoms with Crippen molar-refractivity contribution in [1.29, 1.82) is 0 Å². The number of aromatic nitrogens is 2. The van der Waals surface area contributed by atoms with Gasteiger partial charge < -0.3 is 5.73 Å². The van der Waals surface area contributed by atoms with E-state index in [4.69, 9.17) is 5.73 Å². The summed E-state index contributed by atoms with van der Waals surface area (Å²) in [6, 6.07) is 1.83. The predicted octanol–water partition coefficient (Wildman–Crippen LogP) is 3.30. The number of hydrogen-bond donors (Lipinski definition) is 1. The summed E-state index contributed by atoms with van der Waals surface area (Å²) in [5.74, 6) is 3.31. The predicted molar refractivity (Wildman–Crippen MR) is 93.6 cm³/mol. The van der Waals surface area contributed by atoms with Crippen LogP contribution in [0.2, 0.25) is 19.6 Å². The molecule has 4 nitrogen and oxygen atoms in total. The van der Waals surface area contributed by atoms with Crippen LogP contribution >= 0.6 is 0 Å². The van der Waals surface area contributed by atoms with Crippen molar-refractivity contribution in [3.05, 3.63) is 35.7 Å². The van der Waals surface area contributed by atoms with Crippen LogP contribution in [0.25, 0.3) is 5.70 Å². The second-order valence-electron chi connectivity index (χ2n) is 5.86. The van der Waals surface area contributed by atoms with Gasteiger partial charge in [-0.2, -0.15) is 0 Å². The summed E-state index contributed by atoms with van der Waals surface area (Å²) < 4.78 is 0. The van der Waals surface area contributed by atoms with Gasteiger partial charge in [0.25, 0.3) is 0 Å². The van der Waals surface area contributed by atoms with E-state index in [2.05, 4.69) is 52.6 Å². The van der Waals surface area contributed by atoms with Crippen molar-refractivity contribution in [1.82, 2.24) is 9.97 Å². The van der Waals surface area contributed by atoms with Crippen LogP contribution in [0.3, 0.4) is 0 Å². The normalized spacial score (nSPS) is 10.9. The van der Waals surface area contributed by atoms with Crippen LogP contribution in [0.5, 0.6) is 0 Å². The molecule has 0 aliphatic heterocycles. The van der Waals surface area contributed by atoms with Gasteiger partial charge in [-0.1, -0.05) is 38.2 Å². The Morgan fingerprint density at radius 3 is 2.52 bits per heavy atom. The Hall–Kier alpha value is -2.19. The number of anilines is 1. The summed E-state index contributed by atoms with van der Waals surface area (Å²) in [7, 11) is -1.46. The lowest BCUT2D eigenvalue weighted by atomic mass is 10.2. The van der Waals surface area contributed by atoms with Crippen molar-refractivity contribution in [3.63, 3.8) is 0 Å². The van der Waals surface area contributed by atoms with Gasteiger partial charge >= 0.3 is 0 Å². The van der Waals surface area contributed by atoms with Gasteiger partial charge in [0.15, 0.2) is 0 Å². The third-order valence-electron chi connectivity index (χ3n) is 2.33. The largest absolute Gasteiger partial charge is 0.368 e. The summed E-state index contributed by atoms with van der Waals surface area (Å²) in [5, 5.41) is 0. The molecule has 1 aromatic heterocycles. The first-order chi connectivity index (χ1) is 9.73. The molecule has 0 aliphatic rings. The van der Waals surface area contributed by atoms with Crippen LogP contribution in [-0.2, 0) is 0 Å². The zero-order valence-electron chi connectivity index (χ0n) is 13.4. The molecule has 0 bridgehead atoms. The maximum absolute atomic E-state index is 5.79. The van der Waals surface area contributed by atoms with Crippen LogP contribution in [0, 0.1) is 11.5 Å². The Kier molecular flexibility index (Phi) is 5.62. The molecular weight excluding hydrogens is 276 g/mol. The van der Waals surface area contributed by atoms with Crippen LogP contribution in [0.15, 0.2) is 29.3 Å². The first-order valence-electron chi connectivity index (χ1n) is 6.73. The van der Waals surface area contributed by atoms with Gasteiger partial charge in [-0.15, -0.1) is 5.54 Å². The number of nitrogens with two attached hydrogens (primary N) is 1. The molecule has 0 saturated heterocycles. The number of rotatable bonds is 3. The fourth-order valence-electron chi connectivity index (χ4n) is 1.48. The van der Waals surface area contributed by atoms with Crippen LogP contribution in [-0.4, -0.2) is 24.3 Å². The van der Waals surface area contributed by atoms with Crippen LogP contribution < -0.4 is 5.73 Å². The molecular formula is C16H22N4Si. The second kappa shape index (κ2) is 7.00. The molecule has 0 fully saturated rings. The summed E-state index contributed by atoms with van der Waals surface area (Å²) >= 11 is 0. The Balaban J connectivity index is 3.35. The number of aliphatic imine (C=N–C) groups is 1. The van der Waals surface area contributed by atoms with Gasteiger partial charge in [0.1, 0.15) is 13.8 Å². The molecule has 0 unspecified atom stereocenters. The van der Waals surface area contributed by atoms with Crippen molar-refractivity contribution >= 4 is 25.9 Å². The van der Waals surface area contributed by atoms with Crippen molar-refractivity contribution in [3.8, 4) is 11.5 Å². The third kappa shape index (κ3) is 5.75. The Morgan fingerprint density at radius 1 is 1.33 bits per heavy atom. The highest BCUT2D eigenvalue weighted by Gasteiger charge is 2.10. The minimum atomic E-state index is -1.46. The summed E-state index contributed by atoms with van der Waals surface area (Å²) in [6.07, 6.45) is 3.26. The fourth-order valence-corrected chi connectivity index (χ4v) is 1.98. The number of nitrogens with zero attached hydrogens (tertiary/aromatic N) is 3. The molecule has 1 rings (SSSR count). The molecule has 2 N–H and O–H groups in total. The Bertz CT molecular complexity index is 651. The van der Waals surface area contributed by atoms with E-state index in [1.165, 1.54) is 0 Å². The molecule has 0 radical (unpaired) electrons. The van der Waals surface area contributed by atoms with E-state index in [-0.39, 0.29) is 5.95 Å². The lowest BCUT2D eigenvalue weighted by molar-refractivity contribution is 1.13. The van der Waals surface area contributed by atoms with Crippen molar-refractivity contribution in [2.24, 2.45) is 4.99 Å². The van der Waals surface area contributed by atoms with Crippen molar-refractivity contribution in [2.45, 2.75) is 33.5 Å². The molecule has 0 saturated carbocycles. The zero-order valence-corrected chi connectivity index (χ0v) is 14.4. The maximum Gasteiger partial charge on any atom is 0.221 e. The van der Waals surface area contributed by atoms with Gasteiger partial charge in [-0.05, 0) is 19.4 Å². The van der Waals surface area contributed by atoms with Crippen LogP contribution in [0.4, 0.5) is 5.95 Å². The molecule has 21 heavy (non-hydrogen) atoms. The minimum Gasteiger partial charge on any atom is -0.368 e. The number of allylic oxidation sites excluding steroid dienone is 2. The quantitative estimate of drug-likeness (QED) is 0.529. The smallest absolute Gasteiger partial charge is 0.221 e. The van der Waals surface area contributed by atoms with E-state index < -0.39 is 8.07 Å². The second-order valence-corrected chi connectivity index (χ2v) is 10.6. The van der Waals surface area contributed by atoms with E-state index in [1.54, 1.807) is 12.3 Å². The lowest BCUT2D eigenvalue weighted by Gasteiger charge is -2.06. The topological polar surface area (TPSA) is 64.2 Å². The van der Waals surface area contributed by atoms with Gasteiger partial charge in [0, 0.05) is 12.3 Å². The molecule has 0 atom stereocenters. The number of hydrogen-bond acceptors (Lipinski definition) is 4. The molecule has 110 valence electrons. The van der Waals surface area contributed by atoms with Gasteiger partial charge in [0.05, 0.1) is 11.4 Å². The van der Waals surface area contributed by atoms with Gasteiger partial charge in [-0.3, -0.25) is 4.99 Å². The van der Waals surface area contributed by atoms with Gasteiger partial charge in [-0.25, -0.2) is 9.97 Å². The highest BCUT2D eigenvalue weighted by molar-refractivity contribution is 6.83. The summed E-state index contributed by atoms with van der Waals surface area (Å²) in [5.41, 5.74) is 12.2. The zero-order chi connectivity index (χ0) is 16.0. The molecule has 5 heteroatoms. The monoisotopic (exact) mass is 298 g/mol. The molecule has 0 amide bonds. The third-order valence-corrected chi connectivity index (χ3v) is 3.21. The SMILES string of the molecule is C=CC=NC(=C(C)C)c1cc(C#C[Si](C)(C)C)nc(N)n1. The molecule has 1 aromatic rings. The maximum atomic E-state index is 5.79. The van der Waals surface area contributed by atoms with E-state index in [0.29, 0.717) is 11.4 Å². The summed E-state index contributed by atoms with van der Waals surface area (Å²) in [6.45, 7) is 14.1. The molecule has 1 heterocycles. The lowest BCUT2D eigenvalue weighted by Crippen LogP contribution is -2.16. The average Bonchev–Trinajstić information content (AvgIpc) is 2.35. The van der Waals surface area contributed by atoms with E-state index in [0.717, 1.165) is 11.3 Å². The standard InChI is InChI=1S/C16H22N4Si/c1-7-9-18-15(12(2)3)14-11-13(19-16(17)20-14)8-10-21(4,5)6/h7,9,11H,1H2,2-6H3,(H2,17,19,20).